The molecule has 2 heterocycles. The molecule has 1 atom stereocenters. The van der Waals surface area contributed by atoms with Gasteiger partial charge in [0, 0.05) is 26.2 Å². The number of carbonyl (C=O) groups excluding carboxylic acids is 2. The number of aliphatic hydroxyl groups excluding tert-OH is 1. The van der Waals surface area contributed by atoms with Crippen molar-refractivity contribution in [3.05, 3.63) is 70.3 Å². The van der Waals surface area contributed by atoms with Gasteiger partial charge in [-0.2, -0.15) is 0 Å². The number of aliphatic hydroxyl groups is 1. The Kier molecular flexibility index (Phi) is 7.05. The minimum absolute atomic E-state index is 0.00479. The number of carbonyl (C=O) groups is 2. The summed E-state index contributed by atoms with van der Waals surface area (Å²) in [5.74, 6) is -1.54. The number of amides is 1. The predicted octanol–water partition coefficient (Wildman–Crippen LogP) is 3.58. The lowest BCUT2D eigenvalue weighted by Crippen LogP contribution is -2.42. The zero-order chi connectivity index (χ0) is 24.4. The number of ether oxygens (including phenoxy) is 1. The summed E-state index contributed by atoms with van der Waals surface area (Å²) in [7, 11) is 0. The van der Waals surface area contributed by atoms with Crippen molar-refractivity contribution in [3.63, 3.8) is 0 Å². The van der Waals surface area contributed by atoms with Gasteiger partial charge < -0.3 is 19.8 Å². The van der Waals surface area contributed by atoms with Crippen molar-refractivity contribution < 1.29 is 24.5 Å². The maximum Gasteiger partial charge on any atom is 0.295 e. The van der Waals surface area contributed by atoms with E-state index in [1.54, 1.807) is 17.0 Å². The maximum absolute atomic E-state index is 13.2. The van der Waals surface area contributed by atoms with E-state index in [-0.39, 0.29) is 22.6 Å². The first-order chi connectivity index (χ1) is 16.3. The van der Waals surface area contributed by atoms with Crippen molar-refractivity contribution in [2.75, 3.05) is 39.4 Å². The number of benzene rings is 2. The number of hydrogen-bond donors (Lipinski definition) is 2. The largest absolute Gasteiger partial charge is 0.507 e. The third-order valence-corrected chi connectivity index (χ3v) is 6.63. The maximum atomic E-state index is 13.2. The molecule has 0 saturated carbocycles. The average molecular weight is 465 g/mol. The number of hydrogen-bond acceptors (Lipinski definition) is 6. The summed E-state index contributed by atoms with van der Waals surface area (Å²) in [5, 5.41) is 21.6. The van der Waals surface area contributed by atoms with E-state index in [9.17, 15) is 19.8 Å². The van der Waals surface area contributed by atoms with E-state index in [4.69, 9.17) is 4.74 Å². The number of ketones is 1. The van der Waals surface area contributed by atoms with Gasteiger partial charge >= 0.3 is 0 Å². The van der Waals surface area contributed by atoms with Crippen LogP contribution in [0.15, 0.2) is 48.0 Å². The number of aryl methyl sites for hydroxylation is 1. The summed E-state index contributed by atoms with van der Waals surface area (Å²) in [6.07, 6.45) is 0. The van der Waals surface area contributed by atoms with Crippen LogP contribution in [0.2, 0.25) is 0 Å². The molecule has 34 heavy (non-hydrogen) atoms. The van der Waals surface area contributed by atoms with Crippen molar-refractivity contribution in [3.8, 4) is 5.75 Å². The van der Waals surface area contributed by atoms with E-state index in [1.807, 2.05) is 31.2 Å². The van der Waals surface area contributed by atoms with E-state index in [2.05, 4.69) is 18.7 Å². The first kappa shape index (κ1) is 24.0. The molecule has 0 aliphatic carbocycles. The second-order valence-electron chi connectivity index (χ2n) is 9.29. The van der Waals surface area contributed by atoms with Crippen molar-refractivity contribution in [2.24, 2.45) is 0 Å². The Morgan fingerprint density at radius 2 is 1.74 bits per heavy atom. The summed E-state index contributed by atoms with van der Waals surface area (Å²) < 4.78 is 5.41. The number of Topliss-reactive ketones (excluding diaryl/α,β-unsaturated/α-hetero) is 1. The van der Waals surface area contributed by atoms with Crippen LogP contribution in [-0.2, 0) is 14.3 Å². The smallest absolute Gasteiger partial charge is 0.295 e. The van der Waals surface area contributed by atoms with Crippen molar-refractivity contribution >= 4 is 17.4 Å². The highest BCUT2D eigenvalue weighted by atomic mass is 16.5. The average Bonchev–Trinajstić information content (AvgIpc) is 3.09. The highest BCUT2D eigenvalue weighted by Crippen LogP contribution is 2.41. The lowest BCUT2D eigenvalue weighted by atomic mass is 9.92. The Hall–Kier alpha value is -3.16. The van der Waals surface area contributed by atoms with Gasteiger partial charge in [-0.05, 0) is 36.1 Å². The molecule has 7 nitrogen and oxygen atoms in total. The molecule has 2 aliphatic heterocycles. The second-order valence-corrected chi connectivity index (χ2v) is 9.29. The lowest BCUT2D eigenvalue weighted by Gasteiger charge is -2.31. The number of aromatic hydroxyl groups is 1. The standard InChI is InChI=1S/C27H32N2O5/c1-17(2)19-5-7-20(8-6-19)24-23(25(31)21-16-18(3)4-9-22(21)30)26(32)27(33)29(24)11-10-28-12-14-34-15-13-28/h4-9,16-17,24,30-31H,10-15H2,1-3H3/t24-/m0/s1. The van der Waals surface area contributed by atoms with Gasteiger partial charge in [-0.25, -0.2) is 0 Å². The molecule has 0 unspecified atom stereocenters. The fraction of sp³-hybridized carbons (Fsp3) is 0.407. The monoisotopic (exact) mass is 464 g/mol. The fourth-order valence-electron chi connectivity index (χ4n) is 4.58. The Bertz CT molecular complexity index is 1100. The number of phenols is 1. The normalized spacial score (nSPS) is 20.9. The van der Waals surface area contributed by atoms with Crippen LogP contribution in [0.1, 0.15) is 48.1 Å². The minimum atomic E-state index is -0.738. The molecule has 1 amide bonds. The van der Waals surface area contributed by atoms with Gasteiger partial charge in [0.2, 0.25) is 0 Å². The van der Waals surface area contributed by atoms with Crippen LogP contribution in [0.25, 0.3) is 5.76 Å². The van der Waals surface area contributed by atoms with Crippen LogP contribution in [-0.4, -0.2) is 71.1 Å². The summed E-state index contributed by atoms with van der Waals surface area (Å²) in [6, 6.07) is 11.9. The van der Waals surface area contributed by atoms with Crippen LogP contribution in [0.4, 0.5) is 0 Å². The van der Waals surface area contributed by atoms with Gasteiger partial charge in [0.15, 0.2) is 0 Å². The number of nitrogens with zero attached hydrogens (tertiary/aromatic N) is 2. The molecule has 4 rings (SSSR count). The first-order valence-corrected chi connectivity index (χ1v) is 11.8. The Labute approximate surface area is 200 Å². The Balaban J connectivity index is 1.77. The second kappa shape index (κ2) is 9.99. The molecule has 0 aromatic heterocycles. The molecule has 180 valence electrons. The highest BCUT2D eigenvalue weighted by Gasteiger charge is 2.46. The zero-order valence-electron chi connectivity index (χ0n) is 20.0. The molecular formula is C27H32N2O5. The number of morpholine rings is 1. The topological polar surface area (TPSA) is 90.3 Å². The molecule has 2 fully saturated rings. The van der Waals surface area contributed by atoms with E-state index in [0.29, 0.717) is 32.2 Å². The summed E-state index contributed by atoms with van der Waals surface area (Å²) in [5.41, 5.74) is 2.86. The number of likely N-dealkylation sites (tertiary alicyclic amines) is 1. The predicted molar refractivity (Wildman–Crippen MR) is 130 cm³/mol. The quantitative estimate of drug-likeness (QED) is 0.386. The van der Waals surface area contributed by atoms with Gasteiger partial charge in [0.1, 0.15) is 11.5 Å². The minimum Gasteiger partial charge on any atom is -0.507 e. The van der Waals surface area contributed by atoms with E-state index < -0.39 is 17.7 Å². The third kappa shape index (κ3) is 4.72. The number of phenolic OH excluding ortho intramolecular Hbond substituents is 1. The summed E-state index contributed by atoms with van der Waals surface area (Å²) >= 11 is 0. The van der Waals surface area contributed by atoms with Crippen molar-refractivity contribution in [2.45, 2.75) is 32.7 Å². The van der Waals surface area contributed by atoms with Gasteiger partial charge in [0.05, 0.1) is 30.4 Å². The van der Waals surface area contributed by atoms with Crippen molar-refractivity contribution in [1.29, 1.82) is 0 Å². The van der Waals surface area contributed by atoms with E-state index in [0.717, 1.165) is 29.8 Å². The Morgan fingerprint density at radius 1 is 1.06 bits per heavy atom. The Morgan fingerprint density at radius 3 is 2.38 bits per heavy atom. The van der Waals surface area contributed by atoms with E-state index in [1.165, 1.54) is 6.07 Å². The van der Waals surface area contributed by atoms with Crippen LogP contribution in [0.3, 0.4) is 0 Å². The van der Waals surface area contributed by atoms with Gasteiger partial charge in [0.25, 0.3) is 11.7 Å². The van der Waals surface area contributed by atoms with Gasteiger partial charge in [-0.15, -0.1) is 0 Å². The highest BCUT2D eigenvalue weighted by molar-refractivity contribution is 6.46. The molecular weight excluding hydrogens is 432 g/mol. The zero-order valence-corrected chi connectivity index (χ0v) is 20.0. The van der Waals surface area contributed by atoms with Crippen LogP contribution < -0.4 is 0 Å². The van der Waals surface area contributed by atoms with Gasteiger partial charge in [-0.3, -0.25) is 14.5 Å². The molecule has 2 N–H and O–H groups in total. The summed E-state index contributed by atoms with van der Waals surface area (Å²) in [4.78, 5) is 30.1. The van der Waals surface area contributed by atoms with Crippen LogP contribution in [0, 0.1) is 6.92 Å². The molecule has 0 bridgehead atoms. The first-order valence-electron chi connectivity index (χ1n) is 11.8. The van der Waals surface area contributed by atoms with Crippen LogP contribution >= 0.6 is 0 Å². The number of rotatable bonds is 6. The molecule has 7 heteroatoms. The molecule has 2 aliphatic rings. The van der Waals surface area contributed by atoms with E-state index >= 15 is 0 Å². The van der Waals surface area contributed by atoms with Crippen molar-refractivity contribution in [1.82, 2.24) is 9.80 Å². The molecule has 2 aromatic carbocycles. The molecule has 2 aromatic rings. The molecule has 2 saturated heterocycles. The third-order valence-electron chi connectivity index (χ3n) is 6.63. The van der Waals surface area contributed by atoms with Gasteiger partial charge in [-0.1, -0.05) is 49.7 Å². The lowest BCUT2D eigenvalue weighted by molar-refractivity contribution is -0.140. The van der Waals surface area contributed by atoms with Crippen LogP contribution in [0.5, 0.6) is 5.75 Å². The fourth-order valence-corrected chi connectivity index (χ4v) is 4.58. The molecule has 0 radical (unpaired) electrons. The summed E-state index contributed by atoms with van der Waals surface area (Å²) in [6.45, 7) is 9.82. The molecule has 0 spiro atoms. The SMILES string of the molecule is Cc1ccc(O)c(C(O)=C2C(=O)C(=O)N(CCN3CCOCC3)[C@H]2c2ccc(C(C)C)cc2)c1.